The van der Waals surface area contributed by atoms with E-state index >= 15 is 0 Å². The largest absolute Gasteiger partial charge is 0.359 e. The van der Waals surface area contributed by atoms with Crippen LogP contribution in [0.25, 0.3) is 0 Å². The van der Waals surface area contributed by atoms with Crippen molar-refractivity contribution in [2.75, 3.05) is 6.54 Å². The molecule has 0 spiro atoms. The minimum absolute atomic E-state index is 0.000533. The van der Waals surface area contributed by atoms with E-state index in [-0.39, 0.29) is 47.5 Å². The summed E-state index contributed by atoms with van der Waals surface area (Å²) in [5.41, 5.74) is 0.680. The lowest BCUT2D eigenvalue weighted by Crippen LogP contribution is -2.40. The molecule has 4 rings (SSSR count). The normalized spacial score (nSPS) is 22.0. The molecule has 1 N–H and O–H groups in total. The van der Waals surface area contributed by atoms with Gasteiger partial charge in [-0.3, -0.25) is 14.4 Å². The third-order valence-corrected chi connectivity index (χ3v) is 5.26. The Bertz CT molecular complexity index is 913. The summed E-state index contributed by atoms with van der Waals surface area (Å²) >= 11 is 0. The Morgan fingerprint density at radius 3 is 2.85 bits per heavy atom. The Kier molecular flexibility index (Phi) is 4.29. The Hall–Kier alpha value is -2.97. The van der Waals surface area contributed by atoms with Crippen LogP contribution >= 0.6 is 0 Å². The van der Waals surface area contributed by atoms with Crippen molar-refractivity contribution in [2.24, 2.45) is 0 Å². The summed E-state index contributed by atoms with van der Waals surface area (Å²) in [4.78, 5) is 46.3. The number of aromatic amines is 1. The van der Waals surface area contributed by atoms with Crippen molar-refractivity contribution in [3.63, 3.8) is 0 Å². The number of hydrogen-bond donors (Lipinski definition) is 1. The number of fused-ring (bicyclic) bond motifs is 1. The molecule has 0 radical (unpaired) electrons. The smallest absolute Gasteiger partial charge is 0.274 e. The molecule has 2 aromatic rings. The van der Waals surface area contributed by atoms with Gasteiger partial charge in [-0.1, -0.05) is 19.0 Å². The van der Waals surface area contributed by atoms with E-state index in [1.165, 1.54) is 6.20 Å². The predicted molar refractivity (Wildman–Crippen MR) is 93.8 cm³/mol. The van der Waals surface area contributed by atoms with Gasteiger partial charge in [-0.2, -0.15) is 0 Å². The Balaban J connectivity index is 1.49. The molecule has 2 aliphatic heterocycles. The number of carbonyl (C=O) groups excluding carboxylic acids is 2. The highest BCUT2D eigenvalue weighted by atomic mass is 16.5. The monoisotopic (exact) mass is 371 g/mol. The van der Waals surface area contributed by atoms with Gasteiger partial charge in [0.25, 0.3) is 11.5 Å². The van der Waals surface area contributed by atoms with Gasteiger partial charge in [0.15, 0.2) is 5.76 Å². The van der Waals surface area contributed by atoms with E-state index in [0.29, 0.717) is 25.3 Å². The van der Waals surface area contributed by atoms with Gasteiger partial charge in [-0.25, -0.2) is 4.98 Å². The standard InChI is InChI=1S/C18H21N5O4/c1-10(2)12-5-11(27-21-12)9-23-14-3-4-22(15(14)6-17(23)25)18(26)13-7-20-16(24)8-19-13/h5,7-8,10,14-15H,3-4,6,9H2,1-2H3,(H,20,24)/t14-,15-/m0/s1. The summed E-state index contributed by atoms with van der Waals surface area (Å²) in [6.07, 6.45) is 3.39. The highest BCUT2D eigenvalue weighted by Gasteiger charge is 2.48. The molecule has 2 saturated heterocycles. The van der Waals surface area contributed by atoms with Crippen molar-refractivity contribution in [1.82, 2.24) is 24.9 Å². The second-order valence-electron chi connectivity index (χ2n) is 7.32. The number of hydrogen-bond acceptors (Lipinski definition) is 6. The fraction of sp³-hybridized carbons (Fsp3) is 0.500. The summed E-state index contributed by atoms with van der Waals surface area (Å²) in [5.74, 6) is 0.642. The first kappa shape index (κ1) is 17.4. The van der Waals surface area contributed by atoms with E-state index in [1.54, 1.807) is 9.80 Å². The summed E-state index contributed by atoms with van der Waals surface area (Å²) in [6.45, 7) is 4.97. The summed E-state index contributed by atoms with van der Waals surface area (Å²) in [7, 11) is 0. The topological polar surface area (TPSA) is 112 Å². The molecule has 2 aliphatic rings. The Labute approximate surface area is 155 Å². The van der Waals surface area contributed by atoms with Crippen LogP contribution in [0.3, 0.4) is 0 Å². The lowest BCUT2D eigenvalue weighted by Gasteiger charge is -2.24. The maximum Gasteiger partial charge on any atom is 0.274 e. The Morgan fingerprint density at radius 1 is 1.37 bits per heavy atom. The van der Waals surface area contributed by atoms with Crippen LogP contribution in [0.5, 0.6) is 0 Å². The molecule has 27 heavy (non-hydrogen) atoms. The molecule has 4 heterocycles. The van der Waals surface area contributed by atoms with E-state index in [0.717, 1.165) is 11.9 Å². The van der Waals surface area contributed by atoms with E-state index in [1.807, 2.05) is 19.9 Å². The average Bonchev–Trinajstić information content (AvgIpc) is 3.33. The van der Waals surface area contributed by atoms with Crippen LogP contribution in [0.2, 0.25) is 0 Å². The molecule has 9 heteroatoms. The van der Waals surface area contributed by atoms with Gasteiger partial charge in [-0.15, -0.1) is 0 Å². The maximum atomic E-state index is 12.7. The second kappa shape index (κ2) is 6.64. The fourth-order valence-corrected chi connectivity index (χ4v) is 3.84. The van der Waals surface area contributed by atoms with Crippen LogP contribution in [0, 0.1) is 0 Å². The first-order valence-corrected chi connectivity index (χ1v) is 9.04. The second-order valence-corrected chi connectivity index (χ2v) is 7.32. The number of rotatable bonds is 4. The molecule has 2 fully saturated rings. The fourth-order valence-electron chi connectivity index (χ4n) is 3.84. The van der Waals surface area contributed by atoms with Gasteiger partial charge in [0.2, 0.25) is 5.91 Å². The highest BCUT2D eigenvalue weighted by Crippen LogP contribution is 2.34. The number of nitrogens with zero attached hydrogens (tertiary/aromatic N) is 4. The molecule has 2 amide bonds. The average molecular weight is 371 g/mol. The van der Waals surface area contributed by atoms with Crippen LogP contribution in [0.1, 0.15) is 54.5 Å². The van der Waals surface area contributed by atoms with E-state index in [2.05, 4.69) is 15.1 Å². The maximum absolute atomic E-state index is 12.7. The predicted octanol–water partition coefficient (Wildman–Crippen LogP) is 0.897. The first-order chi connectivity index (χ1) is 12.9. The summed E-state index contributed by atoms with van der Waals surface area (Å²) in [5, 5.41) is 4.04. The minimum Gasteiger partial charge on any atom is -0.359 e. The number of amides is 2. The van der Waals surface area contributed by atoms with Crippen molar-refractivity contribution in [3.05, 3.63) is 46.0 Å². The molecule has 0 aromatic carbocycles. The molecule has 2 atom stereocenters. The third-order valence-electron chi connectivity index (χ3n) is 5.26. The number of H-pyrrole nitrogens is 1. The summed E-state index contributed by atoms with van der Waals surface area (Å²) < 4.78 is 5.37. The van der Waals surface area contributed by atoms with E-state index in [9.17, 15) is 14.4 Å². The third kappa shape index (κ3) is 3.13. The van der Waals surface area contributed by atoms with Gasteiger partial charge in [0, 0.05) is 25.2 Å². The van der Waals surface area contributed by atoms with Crippen LogP contribution in [-0.4, -0.2) is 55.4 Å². The molecular formula is C18H21N5O4. The SMILES string of the molecule is CC(C)c1cc(CN2C(=O)C[C@H]3[C@@H]2CCN3C(=O)c2c[nH]c(=O)cn2)on1. The van der Waals surface area contributed by atoms with Gasteiger partial charge in [-0.05, 0) is 12.3 Å². The molecule has 9 nitrogen and oxygen atoms in total. The van der Waals surface area contributed by atoms with Crippen LogP contribution in [0.4, 0.5) is 0 Å². The first-order valence-electron chi connectivity index (χ1n) is 9.04. The lowest BCUT2D eigenvalue weighted by molar-refractivity contribution is -0.129. The van der Waals surface area contributed by atoms with Crippen molar-refractivity contribution in [3.8, 4) is 0 Å². The van der Waals surface area contributed by atoms with Gasteiger partial charge < -0.3 is 19.3 Å². The van der Waals surface area contributed by atoms with Crippen LogP contribution in [-0.2, 0) is 11.3 Å². The molecule has 0 aliphatic carbocycles. The number of aromatic nitrogens is 3. The molecule has 142 valence electrons. The van der Waals surface area contributed by atoms with Crippen molar-refractivity contribution < 1.29 is 14.1 Å². The molecule has 0 unspecified atom stereocenters. The van der Waals surface area contributed by atoms with Crippen LogP contribution < -0.4 is 5.56 Å². The van der Waals surface area contributed by atoms with Gasteiger partial charge in [0.05, 0.1) is 30.5 Å². The van der Waals surface area contributed by atoms with Crippen molar-refractivity contribution in [1.29, 1.82) is 0 Å². The quantitative estimate of drug-likeness (QED) is 0.854. The summed E-state index contributed by atoms with van der Waals surface area (Å²) in [6, 6.07) is 1.65. The van der Waals surface area contributed by atoms with Gasteiger partial charge >= 0.3 is 0 Å². The zero-order chi connectivity index (χ0) is 19.1. The van der Waals surface area contributed by atoms with E-state index in [4.69, 9.17) is 4.52 Å². The zero-order valence-corrected chi connectivity index (χ0v) is 15.2. The highest BCUT2D eigenvalue weighted by molar-refractivity contribution is 5.93. The molecule has 0 saturated carbocycles. The van der Waals surface area contributed by atoms with Crippen LogP contribution in [0.15, 0.2) is 27.8 Å². The number of carbonyl (C=O) groups is 2. The van der Waals surface area contributed by atoms with Crippen molar-refractivity contribution >= 4 is 11.8 Å². The lowest BCUT2D eigenvalue weighted by atomic mass is 10.1. The number of nitrogens with one attached hydrogen (secondary N) is 1. The number of likely N-dealkylation sites (tertiary alicyclic amines) is 2. The molecule has 2 aromatic heterocycles. The van der Waals surface area contributed by atoms with E-state index < -0.39 is 0 Å². The van der Waals surface area contributed by atoms with Gasteiger partial charge in [0.1, 0.15) is 5.69 Å². The molecule has 0 bridgehead atoms. The zero-order valence-electron chi connectivity index (χ0n) is 15.2. The minimum atomic E-state index is -0.360. The van der Waals surface area contributed by atoms with Crippen molar-refractivity contribution in [2.45, 2.75) is 51.2 Å². The Morgan fingerprint density at radius 2 is 2.19 bits per heavy atom. The molecular weight excluding hydrogens is 350 g/mol.